The van der Waals surface area contributed by atoms with Gasteiger partial charge in [-0.15, -0.1) is 0 Å². The van der Waals surface area contributed by atoms with Gasteiger partial charge in [0.2, 0.25) is 0 Å². The van der Waals surface area contributed by atoms with Crippen LogP contribution in [0.15, 0.2) is 36.0 Å². The highest BCUT2D eigenvalue weighted by atomic mass is 16.4. The summed E-state index contributed by atoms with van der Waals surface area (Å²) in [7, 11) is 0. The average molecular weight is 233 g/mol. The van der Waals surface area contributed by atoms with E-state index in [4.69, 9.17) is 5.11 Å². The van der Waals surface area contributed by atoms with Crippen LogP contribution in [0.5, 0.6) is 0 Å². The fourth-order valence-corrected chi connectivity index (χ4v) is 1.36. The number of carboxylic acids is 1. The number of carboxylic acid groups (broad SMARTS) is 1. The van der Waals surface area contributed by atoms with Gasteiger partial charge in [-0.1, -0.05) is 19.1 Å². The Balaban J connectivity index is 2.73. The smallest absolute Gasteiger partial charge is 0.330 e. The molecule has 1 amide bonds. The molecule has 0 radical (unpaired) electrons. The van der Waals surface area contributed by atoms with Crippen molar-refractivity contribution >= 4 is 11.9 Å². The van der Waals surface area contributed by atoms with E-state index in [9.17, 15) is 9.59 Å². The molecule has 0 saturated carbocycles. The second-order valence-electron chi connectivity index (χ2n) is 3.67. The lowest BCUT2D eigenvalue weighted by Gasteiger charge is -2.05. The van der Waals surface area contributed by atoms with Gasteiger partial charge >= 0.3 is 5.97 Å². The number of benzene rings is 1. The maximum Gasteiger partial charge on any atom is 0.330 e. The Kier molecular flexibility index (Phi) is 4.46. The van der Waals surface area contributed by atoms with Crippen LogP contribution in [0, 0.1) is 0 Å². The normalized spacial score (nSPS) is 11.1. The molecule has 1 rings (SSSR count). The molecule has 1 aromatic carbocycles. The summed E-state index contributed by atoms with van der Waals surface area (Å²) < 4.78 is 0. The van der Waals surface area contributed by atoms with Gasteiger partial charge in [0.25, 0.3) is 5.91 Å². The second-order valence-corrected chi connectivity index (χ2v) is 3.67. The zero-order valence-electron chi connectivity index (χ0n) is 9.86. The summed E-state index contributed by atoms with van der Waals surface area (Å²) in [4.78, 5) is 22.1. The average Bonchev–Trinajstić information content (AvgIpc) is 2.28. The fraction of sp³-hybridized carbons (Fsp3) is 0.231. The van der Waals surface area contributed by atoms with E-state index in [2.05, 4.69) is 5.32 Å². The lowest BCUT2D eigenvalue weighted by atomic mass is 10.1. The number of aliphatic carboxylic acids is 1. The molecule has 0 aliphatic carbocycles. The summed E-state index contributed by atoms with van der Waals surface area (Å²) in [6.07, 6.45) is 1.87. The van der Waals surface area contributed by atoms with E-state index in [0.29, 0.717) is 11.3 Å². The predicted octanol–water partition coefficient (Wildman–Crippen LogP) is 1.97. The number of aryl methyl sites for hydroxylation is 1. The first-order valence-electron chi connectivity index (χ1n) is 5.34. The topological polar surface area (TPSA) is 66.4 Å². The molecule has 0 aromatic heterocycles. The van der Waals surface area contributed by atoms with Crippen molar-refractivity contribution in [3.05, 3.63) is 47.2 Å². The highest BCUT2D eigenvalue weighted by Gasteiger charge is 2.05. The van der Waals surface area contributed by atoms with Crippen LogP contribution in [0.4, 0.5) is 0 Å². The summed E-state index contributed by atoms with van der Waals surface area (Å²) in [5, 5.41) is 11.0. The first kappa shape index (κ1) is 13.0. The number of carbonyl (C=O) groups is 2. The number of hydrogen-bond donors (Lipinski definition) is 2. The minimum absolute atomic E-state index is 0.303. The zero-order valence-corrected chi connectivity index (χ0v) is 9.86. The third kappa shape index (κ3) is 4.10. The maximum absolute atomic E-state index is 11.7. The fourth-order valence-electron chi connectivity index (χ4n) is 1.36. The molecule has 90 valence electrons. The Labute approximate surface area is 100.0 Å². The van der Waals surface area contributed by atoms with Crippen molar-refractivity contribution < 1.29 is 14.7 Å². The molecule has 0 fully saturated rings. The van der Waals surface area contributed by atoms with E-state index in [-0.39, 0.29) is 5.91 Å². The number of rotatable bonds is 4. The third-order valence-corrected chi connectivity index (χ3v) is 2.28. The van der Waals surface area contributed by atoms with Gasteiger partial charge in [-0.2, -0.15) is 0 Å². The van der Waals surface area contributed by atoms with E-state index in [1.54, 1.807) is 12.1 Å². The van der Waals surface area contributed by atoms with Crippen molar-refractivity contribution in [2.75, 3.05) is 0 Å². The van der Waals surface area contributed by atoms with Gasteiger partial charge in [0.15, 0.2) is 0 Å². The van der Waals surface area contributed by atoms with Crippen LogP contribution >= 0.6 is 0 Å². The van der Waals surface area contributed by atoms with Crippen LogP contribution < -0.4 is 5.32 Å². The Morgan fingerprint density at radius 3 is 2.35 bits per heavy atom. The minimum atomic E-state index is -1.08. The Bertz CT molecular complexity index is 446. The first-order valence-corrected chi connectivity index (χ1v) is 5.34. The Morgan fingerprint density at radius 1 is 1.29 bits per heavy atom. The molecule has 0 aliphatic rings. The van der Waals surface area contributed by atoms with Crippen molar-refractivity contribution in [3.63, 3.8) is 0 Å². The molecule has 0 heterocycles. The summed E-state index contributed by atoms with van der Waals surface area (Å²) in [5.74, 6) is -1.38. The van der Waals surface area contributed by atoms with Gasteiger partial charge in [0.05, 0.1) is 0 Å². The number of carbonyl (C=O) groups excluding carboxylic acids is 1. The van der Waals surface area contributed by atoms with E-state index >= 15 is 0 Å². The van der Waals surface area contributed by atoms with Gasteiger partial charge in [-0.25, -0.2) is 4.79 Å². The van der Waals surface area contributed by atoms with Crippen molar-refractivity contribution in [2.45, 2.75) is 20.3 Å². The summed E-state index contributed by atoms with van der Waals surface area (Å²) in [6, 6.07) is 7.21. The molecular formula is C13H15NO3. The van der Waals surface area contributed by atoms with E-state index < -0.39 is 5.97 Å². The number of allylic oxidation sites excluding steroid dienone is 1. The van der Waals surface area contributed by atoms with Crippen LogP contribution in [-0.4, -0.2) is 17.0 Å². The van der Waals surface area contributed by atoms with E-state index in [1.165, 1.54) is 6.92 Å². The Hall–Kier alpha value is -2.10. The number of hydrogen-bond acceptors (Lipinski definition) is 2. The quantitative estimate of drug-likeness (QED) is 0.781. The monoisotopic (exact) mass is 233 g/mol. The highest BCUT2D eigenvalue weighted by molar-refractivity contribution is 5.95. The van der Waals surface area contributed by atoms with Gasteiger partial charge in [0, 0.05) is 17.3 Å². The molecule has 4 nitrogen and oxygen atoms in total. The Morgan fingerprint density at radius 2 is 1.88 bits per heavy atom. The third-order valence-electron chi connectivity index (χ3n) is 2.28. The second kappa shape index (κ2) is 5.84. The molecule has 0 spiro atoms. The largest absolute Gasteiger partial charge is 0.478 e. The van der Waals surface area contributed by atoms with Gasteiger partial charge < -0.3 is 10.4 Å². The van der Waals surface area contributed by atoms with Gasteiger partial charge in [0.1, 0.15) is 0 Å². The summed E-state index contributed by atoms with van der Waals surface area (Å²) in [6.45, 7) is 3.57. The lowest BCUT2D eigenvalue weighted by Crippen LogP contribution is -2.21. The summed E-state index contributed by atoms with van der Waals surface area (Å²) >= 11 is 0. The molecule has 2 N–H and O–H groups in total. The standard InChI is InChI=1S/C13H15NO3/c1-3-10-4-6-11(7-5-10)13(17)14-9(2)8-12(15)16/h4-8H,3H2,1-2H3,(H,14,17)(H,15,16)/b9-8+. The van der Waals surface area contributed by atoms with Crippen molar-refractivity contribution in [2.24, 2.45) is 0 Å². The minimum Gasteiger partial charge on any atom is -0.478 e. The number of amides is 1. The lowest BCUT2D eigenvalue weighted by molar-refractivity contribution is -0.131. The van der Waals surface area contributed by atoms with Crippen LogP contribution in [0.25, 0.3) is 0 Å². The van der Waals surface area contributed by atoms with Crippen LogP contribution in [0.3, 0.4) is 0 Å². The van der Waals surface area contributed by atoms with Gasteiger partial charge in [-0.3, -0.25) is 4.79 Å². The van der Waals surface area contributed by atoms with E-state index in [0.717, 1.165) is 18.1 Å². The van der Waals surface area contributed by atoms with Crippen LogP contribution in [0.2, 0.25) is 0 Å². The van der Waals surface area contributed by atoms with Crippen molar-refractivity contribution in [3.8, 4) is 0 Å². The first-order chi connectivity index (χ1) is 8.02. The number of nitrogens with one attached hydrogen (secondary N) is 1. The van der Waals surface area contributed by atoms with Crippen LogP contribution in [0.1, 0.15) is 29.8 Å². The van der Waals surface area contributed by atoms with E-state index in [1.807, 2.05) is 19.1 Å². The molecule has 0 aliphatic heterocycles. The maximum atomic E-state index is 11.7. The highest BCUT2D eigenvalue weighted by Crippen LogP contribution is 2.05. The SMILES string of the molecule is CCc1ccc(C(=O)N/C(C)=C/C(=O)O)cc1. The molecule has 1 aromatic rings. The molecule has 0 atom stereocenters. The predicted molar refractivity (Wildman–Crippen MR) is 64.7 cm³/mol. The summed E-state index contributed by atoms with van der Waals surface area (Å²) in [5.41, 5.74) is 1.97. The van der Waals surface area contributed by atoms with Crippen molar-refractivity contribution in [1.29, 1.82) is 0 Å². The van der Waals surface area contributed by atoms with Crippen LogP contribution in [-0.2, 0) is 11.2 Å². The molecular weight excluding hydrogens is 218 g/mol. The molecule has 0 unspecified atom stereocenters. The van der Waals surface area contributed by atoms with Crippen molar-refractivity contribution in [1.82, 2.24) is 5.32 Å². The molecule has 4 heteroatoms. The van der Waals surface area contributed by atoms with Gasteiger partial charge in [-0.05, 0) is 31.0 Å². The molecule has 17 heavy (non-hydrogen) atoms. The molecule has 0 saturated heterocycles. The molecule has 0 bridgehead atoms. The zero-order chi connectivity index (χ0) is 12.8.